The summed E-state index contributed by atoms with van der Waals surface area (Å²) in [6.07, 6.45) is 5.65. The molecule has 0 spiro atoms. The molecule has 1 fully saturated rings. The van der Waals surface area contributed by atoms with Gasteiger partial charge in [-0.2, -0.15) is 5.10 Å². The van der Waals surface area contributed by atoms with Crippen molar-refractivity contribution in [1.29, 1.82) is 0 Å². The first-order valence-corrected chi connectivity index (χ1v) is 11.0. The Hall–Kier alpha value is -4.45. The maximum absolute atomic E-state index is 13.4. The SMILES string of the molecule is [C-]#[N+]c1cc2[nH]c(-c3cnn4ccc(N5CCC[C@@H]5c5ccc(F)cc5)nc34)nc2cc1OC. The molecule has 1 N–H and O–H groups in total. The molecule has 168 valence electrons. The van der Waals surface area contributed by atoms with E-state index in [1.807, 2.05) is 24.4 Å². The summed E-state index contributed by atoms with van der Waals surface area (Å²) >= 11 is 0. The molecule has 1 atom stereocenters. The molecule has 0 unspecified atom stereocenters. The molecular weight excluding hydrogens is 433 g/mol. The van der Waals surface area contributed by atoms with Crippen LogP contribution in [-0.4, -0.2) is 38.2 Å². The van der Waals surface area contributed by atoms with Crippen LogP contribution < -0.4 is 9.64 Å². The third kappa shape index (κ3) is 3.23. The number of hydrogen-bond donors (Lipinski definition) is 1. The van der Waals surface area contributed by atoms with E-state index in [9.17, 15) is 4.39 Å². The molecule has 1 aliphatic heterocycles. The zero-order valence-electron chi connectivity index (χ0n) is 18.4. The Bertz CT molecular complexity index is 1560. The quantitative estimate of drug-likeness (QED) is 0.373. The van der Waals surface area contributed by atoms with Crippen molar-refractivity contribution in [3.8, 4) is 17.1 Å². The molecule has 9 heteroatoms. The number of methoxy groups -OCH3 is 1. The largest absolute Gasteiger partial charge is 0.508 e. The summed E-state index contributed by atoms with van der Waals surface area (Å²) in [5.41, 5.74) is 4.39. The van der Waals surface area contributed by atoms with Gasteiger partial charge in [-0.05, 0) is 48.7 Å². The number of nitrogens with one attached hydrogen (secondary N) is 1. The van der Waals surface area contributed by atoms with Gasteiger partial charge in [-0.15, -0.1) is 0 Å². The van der Waals surface area contributed by atoms with Crippen molar-refractivity contribution in [1.82, 2.24) is 24.6 Å². The second-order valence-electron chi connectivity index (χ2n) is 8.25. The average molecular weight is 453 g/mol. The second-order valence-corrected chi connectivity index (χ2v) is 8.25. The number of benzene rings is 2. The van der Waals surface area contributed by atoms with Crippen molar-refractivity contribution in [2.24, 2.45) is 0 Å². The fourth-order valence-corrected chi connectivity index (χ4v) is 4.66. The van der Waals surface area contributed by atoms with Crippen molar-refractivity contribution in [2.45, 2.75) is 18.9 Å². The van der Waals surface area contributed by atoms with Gasteiger partial charge < -0.3 is 14.6 Å². The summed E-state index contributed by atoms with van der Waals surface area (Å²) in [6, 6.07) is 12.3. The maximum atomic E-state index is 13.4. The van der Waals surface area contributed by atoms with Crippen LogP contribution in [0.3, 0.4) is 0 Å². The van der Waals surface area contributed by atoms with Gasteiger partial charge in [-0.3, -0.25) is 0 Å². The zero-order valence-corrected chi connectivity index (χ0v) is 18.4. The Labute approximate surface area is 194 Å². The number of nitrogens with zero attached hydrogens (tertiary/aromatic N) is 6. The van der Waals surface area contributed by atoms with E-state index in [0.717, 1.165) is 41.8 Å². The number of rotatable bonds is 4. The molecule has 8 nitrogen and oxygen atoms in total. The lowest BCUT2D eigenvalue weighted by atomic mass is 10.0. The van der Waals surface area contributed by atoms with Gasteiger partial charge in [0, 0.05) is 12.7 Å². The number of aromatic amines is 1. The molecule has 0 radical (unpaired) electrons. The van der Waals surface area contributed by atoms with Gasteiger partial charge in [0.25, 0.3) is 0 Å². The number of anilines is 1. The predicted molar refractivity (Wildman–Crippen MR) is 127 cm³/mol. The van der Waals surface area contributed by atoms with Crippen LogP contribution in [-0.2, 0) is 0 Å². The standard InChI is InChI=1S/C25H20FN7O/c1-27-20-12-18-19(13-22(20)34-2)30-24(29-18)17-14-28-33-11-9-23(31-25(17)33)32-10-3-4-21(32)15-5-7-16(26)8-6-15/h5-9,11-14,21H,3-4,10H2,2H3,(H,29,30)/t21-/m1/s1. The van der Waals surface area contributed by atoms with E-state index in [1.54, 1.807) is 22.8 Å². The number of aromatic nitrogens is 5. The van der Waals surface area contributed by atoms with Crippen molar-refractivity contribution in [3.63, 3.8) is 0 Å². The summed E-state index contributed by atoms with van der Waals surface area (Å²) in [7, 11) is 1.54. The van der Waals surface area contributed by atoms with Gasteiger partial charge in [0.15, 0.2) is 5.65 Å². The van der Waals surface area contributed by atoms with Gasteiger partial charge in [-0.1, -0.05) is 12.1 Å². The van der Waals surface area contributed by atoms with Crippen LogP contribution in [0.2, 0.25) is 0 Å². The molecule has 5 aromatic rings. The van der Waals surface area contributed by atoms with Crippen molar-refractivity contribution in [2.75, 3.05) is 18.6 Å². The van der Waals surface area contributed by atoms with E-state index in [4.69, 9.17) is 21.3 Å². The minimum atomic E-state index is -0.233. The molecule has 0 saturated carbocycles. The number of fused-ring (bicyclic) bond motifs is 2. The van der Waals surface area contributed by atoms with E-state index in [1.165, 1.54) is 19.2 Å². The van der Waals surface area contributed by atoms with Gasteiger partial charge in [0.05, 0.1) is 42.5 Å². The molecule has 34 heavy (non-hydrogen) atoms. The minimum absolute atomic E-state index is 0.146. The lowest BCUT2D eigenvalue weighted by molar-refractivity contribution is 0.418. The molecule has 4 heterocycles. The van der Waals surface area contributed by atoms with Crippen LogP contribution in [0.4, 0.5) is 15.9 Å². The summed E-state index contributed by atoms with van der Waals surface area (Å²) in [5.74, 6) is 1.72. The predicted octanol–water partition coefficient (Wildman–Crippen LogP) is 5.31. The van der Waals surface area contributed by atoms with E-state index >= 15 is 0 Å². The molecule has 3 aromatic heterocycles. The molecule has 0 amide bonds. The second kappa shape index (κ2) is 7.85. The molecule has 0 aliphatic carbocycles. The number of halogens is 1. The highest BCUT2D eigenvalue weighted by molar-refractivity contribution is 5.87. The molecular formula is C25H20FN7O. The van der Waals surface area contributed by atoms with Crippen molar-refractivity contribution >= 4 is 28.2 Å². The van der Waals surface area contributed by atoms with Crippen LogP contribution in [0.15, 0.2) is 54.9 Å². The van der Waals surface area contributed by atoms with E-state index in [2.05, 4.69) is 19.8 Å². The molecule has 0 bridgehead atoms. The number of hydrogen-bond acceptors (Lipinski definition) is 5. The van der Waals surface area contributed by atoms with Crippen molar-refractivity contribution < 1.29 is 9.13 Å². The molecule has 1 aliphatic rings. The lowest BCUT2D eigenvalue weighted by Crippen LogP contribution is -2.23. The Kier molecular flexibility index (Phi) is 4.66. The highest BCUT2D eigenvalue weighted by Gasteiger charge is 2.28. The van der Waals surface area contributed by atoms with Gasteiger partial charge >= 0.3 is 0 Å². The van der Waals surface area contributed by atoms with E-state index in [0.29, 0.717) is 28.4 Å². The minimum Gasteiger partial charge on any atom is -0.508 e. The van der Waals surface area contributed by atoms with Crippen LogP contribution in [0, 0.1) is 12.4 Å². The normalized spacial score (nSPS) is 15.8. The molecule has 1 saturated heterocycles. The Morgan fingerprint density at radius 3 is 2.82 bits per heavy atom. The monoisotopic (exact) mass is 453 g/mol. The zero-order chi connectivity index (χ0) is 23.2. The Morgan fingerprint density at radius 1 is 1.18 bits per heavy atom. The number of imidazole rings is 1. The smallest absolute Gasteiger partial charge is 0.230 e. The topological polar surface area (TPSA) is 75.7 Å². The highest BCUT2D eigenvalue weighted by atomic mass is 19.1. The van der Waals surface area contributed by atoms with Crippen LogP contribution in [0.25, 0.3) is 32.9 Å². The fraction of sp³-hybridized carbons (Fsp3) is 0.200. The molecule has 2 aromatic carbocycles. The number of H-pyrrole nitrogens is 1. The summed E-state index contributed by atoms with van der Waals surface area (Å²) in [6.45, 7) is 8.25. The Morgan fingerprint density at radius 2 is 2.03 bits per heavy atom. The summed E-state index contributed by atoms with van der Waals surface area (Å²) in [5, 5.41) is 4.45. The Balaban J connectivity index is 1.41. The third-order valence-electron chi connectivity index (χ3n) is 6.31. The lowest BCUT2D eigenvalue weighted by Gasteiger charge is -2.26. The number of ether oxygens (including phenoxy) is 1. The summed E-state index contributed by atoms with van der Waals surface area (Å²) < 4.78 is 20.5. The maximum Gasteiger partial charge on any atom is 0.230 e. The average Bonchev–Trinajstić information content (AvgIpc) is 3.60. The van der Waals surface area contributed by atoms with E-state index in [-0.39, 0.29) is 11.9 Å². The van der Waals surface area contributed by atoms with E-state index < -0.39 is 0 Å². The van der Waals surface area contributed by atoms with Crippen LogP contribution in [0.5, 0.6) is 5.75 Å². The third-order valence-corrected chi connectivity index (χ3v) is 6.31. The first-order valence-electron chi connectivity index (χ1n) is 11.0. The van der Waals surface area contributed by atoms with Gasteiger partial charge in [-0.25, -0.2) is 23.7 Å². The first kappa shape index (κ1) is 20.2. The molecule has 6 rings (SSSR count). The van der Waals surface area contributed by atoms with Crippen molar-refractivity contribution in [3.05, 3.63) is 77.7 Å². The highest BCUT2D eigenvalue weighted by Crippen LogP contribution is 2.37. The van der Waals surface area contributed by atoms with Gasteiger partial charge in [0.2, 0.25) is 5.69 Å². The first-order chi connectivity index (χ1) is 16.6. The van der Waals surface area contributed by atoms with Crippen LogP contribution in [0.1, 0.15) is 24.4 Å². The van der Waals surface area contributed by atoms with Gasteiger partial charge in [0.1, 0.15) is 23.2 Å². The summed E-state index contributed by atoms with van der Waals surface area (Å²) in [4.78, 5) is 18.7. The fourth-order valence-electron chi connectivity index (χ4n) is 4.66. The van der Waals surface area contributed by atoms with Crippen LogP contribution >= 0.6 is 0 Å².